The number of ether oxygens (including phenoxy) is 2. The number of benzene rings is 1. The Labute approximate surface area is 162 Å². The number of allylic oxidation sites excluding steroid dienone is 1. The molecule has 0 spiro atoms. The summed E-state index contributed by atoms with van der Waals surface area (Å²) in [6.07, 6.45) is 6.83. The van der Waals surface area contributed by atoms with E-state index in [0.29, 0.717) is 33.5 Å². The number of hydrogen-bond acceptors (Lipinski definition) is 8. The Morgan fingerprint density at radius 3 is 2.64 bits per heavy atom. The van der Waals surface area contributed by atoms with E-state index >= 15 is 0 Å². The molecule has 3 rings (SSSR count). The van der Waals surface area contributed by atoms with Gasteiger partial charge < -0.3 is 20.9 Å². The topological polar surface area (TPSA) is 126 Å². The van der Waals surface area contributed by atoms with E-state index in [1.807, 2.05) is 19.1 Å². The summed E-state index contributed by atoms with van der Waals surface area (Å²) in [5.74, 6) is 1.21. The maximum absolute atomic E-state index is 13.0. The van der Waals surface area contributed by atoms with Crippen LogP contribution in [-0.4, -0.2) is 35.0 Å². The summed E-state index contributed by atoms with van der Waals surface area (Å²) in [5, 5.41) is 0.629. The highest BCUT2D eigenvalue weighted by molar-refractivity contribution is 6.10. The van der Waals surface area contributed by atoms with Gasteiger partial charge in [0.1, 0.15) is 17.1 Å². The lowest BCUT2D eigenvalue weighted by Crippen LogP contribution is -2.10. The Morgan fingerprint density at radius 1 is 1.21 bits per heavy atom. The smallest absolute Gasteiger partial charge is 0.221 e. The third-order valence-electron chi connectivity index (χ3n) is 4.32. The number of rotatable bonds is 6. The van der Waals surface area contributed by atoms with Crippen LogP contribution in [0.4, 0.5) is 11.8 Å². The number of Topliss-reactive ketones (excluding diaryl/α,β-unsaturated/α-hetero) is 1. The first-order chi connectivity index (χ1) is 13.5. The lowest BCUT2D eigenvalue weighted by Gasteiger charge is -2.15. The number of aromatic nitrogens is 3. The molecule has 3 aromatic rings. The first-order valence-electron chi connectivity index (χ1n) is 8.56. The zero-order valence-electron chi connectivity index (χ0n) is 15.9. The molecule has 0 radical (unpaired) electrons. The number of ketones is 1. The van der Waals surface area contributed by atoms with Crippen molar-refractivity contribution in [2.45, 2.75) is 13.3 Å². The van der Waals surface area contributed by atoms with Crippen LogP contribution in [-0.2, 0) is 6.42 Å². The first-order valence-corrected chi connectivity index (χ1v) is 8.56. The third-order valence-corrected chi connectivity index (χ3v) is 4.32. The number of nitrogens with zero attached hydrogens (tertiary/aromatic N) is 3. The molecule has 2 aromatic heterocycles. The summed E-state index contributed by atoms with van der Waals surface area (Å²) in [5.41, 5.74) is 13.7. The van der Waals surface area contributed by atoms with Crippen molar-refractivity contribution >= 4 is 34.5 Å². The third kappa shape index (κ3) is 3.44. The van der Waals surface area contributed by atoms with Gasteiger partial charge in [-0.2, -0.15) is 4.98 Å². The number of hydrogen-bond donors (Lipinski definition) is 2. The molecular weight excluding hydrogens is 358 g/mol. The lowest BCUT2D eigenvalue weighted by atomic mass is 9.98. The normalized spacial score (nSPS) is 11.1. The fraction of sp³-hybridized carbons (Fsp3) is 0.200. The quantitative estimate of drug-likeness (QED) is 0.626. The molecule has 0 aliphatic heterocycles. The van der Waals surface area contributed by atoms with Crippen molar-refractivity contribution in [1.29, 1.82) is 0 Å². The van der Waals surface area contributed by atoms with Gasteiger partial charge in [0.05, 0.1) is 19.8 Å². The molecule has 0 saturated carbocycles. The molecule has 0 aliphatic rings. The van der Waals surface area contributed by atoms with Crippen LogP contribution in [0.1, 0.15) is 28.4 Å². The maximum atomic E-state index is 13.0. The summed E-state index contributed by atoms with van der Waals surface area (Å²) >= 11 is 0. The maximum Gasteiger partial charge on any atom is 0.221 e. The molecule has 144 valence electrons. The molecule has 0 amide bonds. The number of anilines is 2. The minimum absolute atomic E-state index is 0.0342. The summed E-state index contributed by atoms with van der Waals surface area (Å²) in [6.45, 7) is 1.90. The molecular formula is C20H21N5O3. The molecule has 0 atom stereocenters. The second-order valence-corrected chi connectivity index (χ2v) is 6.02. The Kier molecular flexibility index (Phi) is 5.39. The van der Waals surface area contributed by atoms with Crippen LogP contribution in [0.15, 0.2) is 30.6 Å². The molecule has 4 N–H and O–H groups in total. The zero-order valence-corrected chi connectivity index (χ0v) is 15.9. The summed E-state index contributed by atoms with van der Waals surface area (Å²) < 4.78 is 11.1. The number of carbonyl (C=O) groups is 1. The van der Waals surface area contributed by atoms with Crippen molar-refractivity contribution in [3.05, 3.63) is 47.3 Å². The number of fused-ring (bicyclic) bond motifs is 1. The van der Waals surface area contributed by atoms with Crippen LogP contribution in [0.3, 0.4) is 0 Å². The fourth-order valence-electron chi connectivity index (χ4n) is 3.03. The van der Waals surface area contributed by atoms with Crippen molar-refractivity contribution in [3.63, 3.8) is 0 Å². The van der Waals surface area contributed by atoms with Crippen molar-refractivity contribution in [3.8, 4) is 11.5 Å². The first kappa shape index (κ1) is 19.1. The Bertz CT molecular complexity index is 1080. The van der Waals surface area contributed by atoms with Crippen LogP contribution in [0.2, 0.25) is 0 Å². The molecule has 0 saturated heterocycles. The van der Waals surface area contributed by atoms with E-state index in [-0.39, 0.29) is 24.0 Å². The van der Waals surface area contributed by atoms with Crippen molar-refractivity contribution < 1.29 is 14.3 Å². The van der Waals surface area contributed by atoms with Gasteiger partial charge in [0.15, 0.2) is 11.5 Å². The molecule has 8 heteroatoms. The van der Waals surface area contributed by atoms with Crippen LogP contribution < -0.4 is 20.9 Å². The van der Waals surface area contributed by atoms with Gasteiger partial charge in [-0.15, -0.1) is 0 Å². The highest BCUT2D eigenvalue weighted by Crippen LogP contribution is 2.38. The van der Waals surface area contributed by atoms with Crippen molar-refractivity contribution in [2.24, 2.45) is 0 Å². The highest BCUT2D eigenvalue weighted by atomic mass is 16.5. The summed E-state index contributed by atoms with van der Waals surface area (Å²) in [4.78, 5) is 25.2. The van der Waals surface area contributed by atoms with Crippen molar-refractivity contribution in [2.75, 3.05) is 25.7 Å². The second-order valence-electron chi connectivity index (χ2n) is 6.02. The molecule has 2 heterocycles. The Balaban J connectivity index is 2.15. The van der Waals surface area contributed by atoms with Gasteiger partial charge in [-0.25, -0.2) is 4.98 Å². The molecule has 0 aliphatic carbocycles. The van der Waals surface area contributed by atoms with E-state index in [0.717, 1.165) is 5.56 Å². The molecule has 0 unspecified atom stereocenters. The van der Waals surface area contributed by atoms with E-state index in [9.17, 15) is 4.79 Å². The predicted molar refractivity (Wildman–Crippen MR) is 108 cm³/mol. The van der Waals surface area contributed by atoms with E-state index < -0.39 is 0 Å². The van der Waals surface area contributed by atoms with Crippen LogP contribution in [0.25, 0.3) is 17.0 Å². The number of carbonyl (C=O) groups excluding carboxylic acids is 1. The monoisotopic (exact) mass is 379 g/mol. The summed E-state index contributed by atoms with van der Waals surface area (Å²) in [7, 11) is 3.13. The standard InChI is InChI=1S/C20H21N5O3/c1-4-5-13-16(27-2)9-14-12(6-7-23-17(14)18(13)28-3)15(26)8-11-10-24-20(22)25-19(11)21/h4-7,9-10H,8H2,1-3H3,(H4,21,22,24,25). The van der Waals surface area contributed by atoms with E-state index in [4.69, 9.17) is 20.9 Å². The number of nitrogen functional groups attached to an aromatic ring is 2. The molecule has 0 bridgehead atoms. The van der Waals surface area contributed by atoms with Crippen molar-refractivity contribution in [1.82, 2.24) is 15.0 Å². The minimum Gasteiger partial charge on any atom is -0.496 e. The van der Waals surface area contributed by atoms with Crippen LogP contribution in [0, 0.1) is 0 Å². The minimum atomic E-state index is -0.157. The zero-order chi connectivity index (χ0) is 20.3. The summed E-state index contributed by atoms with van der Waals surface area (Å²) in [6, 6.07) is 3.45. The number of pyridine rings is 1. The molecule has 28 heavy (non-hydrogen) atoms. The molecule has 8 nitrogen and oxygen atoms in total. The Morgan fingerprint density at radius 2 is 2.00 bits per heavy atom. The van der Waals surface area contributed by atoms with Gasteiger partial charge in [0, 0.05) is 35.3 Å². The van der Waals surface area contributed by atoms with E-state index in [1.165, 1.54) is 6.20 Å². The highest BCUT2D eigenvalue weighted by Gasteiger charge is 2.20. The largest absolute Gasteiger partial charge is 0.496 e. The Hall–Kier alpha value is -3.68. The van der Waals surface area contributed by atoms with Gasteiger partial charge in [-0.05, 0) is 19.1 Å². The van der Waals surface area contributed by atoms with Gasteiger partial charge in [0.2, 0.25) is 5.95 Å². The average Bonchev–Trinajstić information content (AvgIpc) is 2.69. The average molecular weight is 379 g/mol. The van der Waals surface area contributed by atoms with Crippen LogP contribution in [0.5, 0.6) is 11.5 Å². The van der Waals surface area contributed by atoms with Gasteiger partial charge >= 0.3 is 0 Å². The van der Waals surface area contributed by atoms with Gasteiger partial charge in [0.25, 0.3) is 0 Å². The molecule has 1 aromatic carbocycles. The predicted octanol–water partition coefficient (Wildman–Crippen LogP) is 2.66. The fourth-order valence-corrected chi connectivity index (χ4v) is 3.03. The number of nitrogens with two attached hydrogens (primary N) is 2. The van der Waals surface area contributed by atoms with E-state index in [1.54, 1.807) is 32.5 Å². The number of methoxy groups -OCH3 is 2. The van der Waals surface area contributed by atoms with Gasteiger partial charge in [-0.1, -0.05) is 12.2 Å². The van der Waals surface area contributed by atoms with E-state index in [2.05, 4.69) is 15.0 Å². The SMILES string of the molecule is CC=Cc1c(OC)cc2c(C(=O)Cc3cnc(N)nc3N)ccnc2c1OC. The second kappa shape index (κ2) is 7.91. The van der Waals surface area contributed by atoms with Gasteiger partial charge in [-0.3, -0.25) is 9.78 Å². The van der Waals surface area contributed by atoms with Crippen LogP contribution >= 0.6 is 0 Å². The molecule has 0 fully saturated rings. The lowest BCUT2D eigenvalue weighted by molar-refractivity contribution is 0.0994.